The first kappa shape index (κ1) is 12.8. The average molecular weight is 240 g/mol. The first-order chi connectivity index (χ1) is 8.22. The number of amides is 1. The predicted octanol–water partition coefficient (Wildman–Crippen LogP) is 0.869. The number of nitrogens with one attached hydrogen (secondary N) is 1. The number of carbonyl (C=O) groups excluding carboxylic acids is 1. The number of methoxy groups -OCH3 is 1. The van der Waals surface area contributed by atoms with Gasteiger partial charge in [0.1, 0.15) is 0 Å². The van der Waals surface area contributed by atoms with Crippen LogP contribution in [0.15, 0.2) is 0 Å². The van der Waals surface area contributed by atoms with Crippen LogP contribution in [0.1, 0.15) is 26.2 Å². The summed E-state index contributed by atoms with van der Waals surface area (Å²) >= 11 is 0. The molecule has 0 aromatic heterocycles. The summed E-state index contributed by atoms with van der Waals surface area (Å²) in [6, 6.07) is 0. The van der Waals surface area contributed by atoms with Gasteiger partial charge < -0.3 is 15.0 Å². The van der Waals surface area contributed by atoms with Gasteiger partial charge in [0.05, 0.1) is 6.10 Å². The predicted molar refractivity (Wildman–Crippen MR) is 66.8 cm³/mol. The Balaban J connectivity index is 1.90. The van der Waals surface area contributed by atoms with E-state index in [1.165, 1.54) is 0 Å². The number of nitrogens with zero attached hydrogens (tertiary/aromatic N) is 1. The van der Waals surface area contributed by atoms with E-state index in [0.29, 0.717) is 11.8 Å². The van der Waals surface area contributed by atoms with Crippen molar-refractivity contribution in [1.29, 1.82) is 0 Å². The van der Waals surface area contributed by atoms with Crippen LogP contribution in [0.4, 0.5) is 0 Å². The van der Waals surface area contributed by atoms with Crippen LogP contribution >= 0.6 is 0 Å². The van der Waals surface area contributed by atoms with Crippen molar-refractivity contribution in [1.82, 2.24) is 10.2 Å². The fraction of sp³-hybridized carbons (Fsp3) is 0.923. The van der Waals surface area contributed by atoms with E-state index in [0.717, 1.165) is 45.4 Å². The Morgan fingerprint density at radius 1 is 1.29 bits per heavy atom. The van der Waals surface area contributed by atoms with Crippen molar-refractivity contribution in [2.75, 3.05) is 33.3 Å². The Hall–Kier alpha value is -0.610. The number of carbonyl (C=O) groups is 1. The molecule has 2 aliphatic rings. The van der Waals surface area contributed by atoms with Gasteiger partial charge >= 0.3 is 0 Å². The first-order valence-corrected chi connectivity index (χ1v) is 6.74. The highest BCUT2D eigenvalue weighted by Crippen LogP contribution is 2.23. The molecule has 2 aliphatic heterocycles. The van der Waals surface area contributed by atoms with Crippen molar-refractivity contribution in [3.8, 4) is 0 Å². The Kier molecular flexibility index (Phi) is 4.40. The third-order valence-corrected chi connectivity index (χ3v) is 4.19. The van der Waals surface area contributed by atoms with E-state index >= 15 is 0 Å². The zero-order valence-electron chi connectivity index (χ0n) is 10.9. The zero-order valence-corrected chi connectivity index (χ0v) is 10.9. The summed E-state index contributed by atoms with van der Waals surface area (Å²) in [6.45, 7) is 5.85. The Morgan fingerprint density at radius 3 is 2.65 bits per heavy atom. The van der Waals surface area contributed by atoms with Gasteiger partial charge in [0.15, 0.2) is 0 Å². The minimum absolute atomic E-state index is 0.217. The van der Waals surface area contributed by atoms with E-state index in [1.54, 1.807) is 7.11 Å². The van der Waals surface area contributed by atoms with Crippen molar-refractivity contribution in [2.24, 2.45) is 11.8 Å². The molecule has 0 radical (unpaired) electrons. The SMILES string of the molecule is COC1CN(C(=O)C2CCNCC2)CCC1C. The van der Waals surface area contributed by atoms with Crippen LogP contribution in [0.3, 0.4) is 0 Å². The van der Waals surface area contributed by atoms with Gasteiger partial charge in [-0.3, -0.25) is 4.79 Å². The minimum Gasteiger partial charge on any atom is -0.379 e. The van der Waals surface area contributed by atoms with Crippen molar-refractivity contribution in [2.45, 2.75) is 32.3 Å². The smallest absolute Gasteiger partial charge is 0.225 e. The molecule has 4 nitrogen and oxygen atoms in total. The van der Waals surface area contributed by atoms with E-state index in [9.17, 15) is 4.79 Å². The topological polar surface area (TPSA) is 41.6 Å². The quantitative estimate of drug-likeness (QED) is 0.778. The van der Waals surface area contributed by atoms with Gasteiger partial charge in [-0.2, -0.15) is 0 Å². The van der Waals surface area contributed by atoms with Gasteiger partial charge in [0.2, 0.25) is 5.91 Å². The summed E-state index contributed by atoms with van der Waals surface area (Å²) < 4.78 is 5.46. The molecule has 0 saturated carbocycles. The fourth-order valence-corrected chi connectivity index (χ4v) is 2.87. The molecule has 1 amide bonds. The molecule has 1 N–H and O–H groups in total. The third kappa shape index (κ3) is 2.99. The standard InChI is InChI=1S/C13H24N2O2/c1-10-5-8-15(9-12(10)17-2)13(16)11-3-6-14-7-4-11/h10-12,14H,3-9H2,1-2H3. The molecule has 98 valence electrons. The lowest BCUT2D eigenvalue weighted by molar-refractivity contribution is -0.141. The molecule has 2 unspecified atom stereocenters. The van der Waals surface area contributed by atoms with Crippen molar-refractivity contribution < 1.29 is 9.53 Å². The highest BCUT2D eigenvalue weighted by atomic mass is 16.5. The van der Waals surface area contributed by atoms with Crippen molar-refractivity contribution >= 4 is 5.91 Å². The van der Waals surface area contributed by atoms with Gasteiger partial charge in [-0.05, 0) is 38.3 Å². The van der Waals surface area contributed by atoms with E-state index in [4.69, 9.17) is 4.74 Å². The zero-order chi connectivity index (χ0) is 12.3. The second-order valence-corrected chi connectivity index (χ2v) is 5.35. The lowest BCUT2D eigenvalue weighted by atomic mass is 9.92. The number of piperidine rings is 2. The summed E-state index contributed by atoms with van der Waals surface area (Å²) in [5, 5.41) is 3.30. The highest BCUT2D eigenvalue weighted by Gasteiger charge is 2.32. The Labute approximate surface area is 104 Å². The van der Waals surface area contributed by atoms with Crippen LogP contribution in [0.2, 0.25) is 0 Å². The van der Waals surface area contributed by atoms with E-state index in [-0.39, 0.29) is 12.0 Å². The summed E-state index contributed by atoms with van der Waals surface area (Å²) in [4.78, 5) is 14.4. The molecule has 2 heterocycles. The molecule has 2 atom stereocenters. The molecule has 0 aliphatic carbocycles. The molecular formula is C13H24N2O2. The minimum atomic E-state index is 0.217. The first-order valence-electron chi connectivity index (χ1n) is 6.74. The van der Waals surface area contributed by atoms with Gasteiger partial charge in [0, 0.05) is 26.1 Å². The molecule has 2 fully saturated rings. The maximum Gasteiger partial charge on any atom is 0.225 e. The van der Waals surface area contributed by atoms with Crippen LogP contribution in [-0.4, -0.2) is 50.2 Å². The molecule has 0 aromatic carbocycles. The lowest BCUT2D eigenvalue weighted by Gasteiger charge is -2.38. The second-order valence-electron chi connectivity index (χ2n) is 5.35. The molecule has 0 bridgehead atoms. The molecule has 4 heteroatoms. The maximum atomic E-state index is 12.4. The monoisotopic (exact) mass is 240 g/mol. The molecule has 17 heavy (non-hydrogen) atoms. The summed E-state index contributed by atoms with van der Waals surface area (Å²) in [5.74, 6) is 1.15. The van der Waals surface area contributed by atoms with E-state index in [2.05, 4.69) is 12.2 Å². The molecule has 0 spiro atoms. The number of rotatable bonds is 2. The second kappa shape index (κ2) is 5.83. The van der Waals surface area contributed by atoms with Crippen LogP contribution in [0.25, 0.3) is 0 Å². The highest BCUT2D eigenvalue weighted by molar-refractivity contribution is 5.79. The Bertz CT molecular complexity index is 264. The summed E-state index contributed by atoms with van der Waals surface area (Å²) in [7, 11) is 1.75. The fourth-order valence-electron chi connectivity index (χ4n) is 2.87. The van der Waals surface area contributed by atoms with Crippen LogP contribution in [0, 0.1) is 11.8 Å². The maximum absolute atomic E-state index is 12.4. The Morgan fingerprint density at radius 2 is 2.00 bits per heavy atom. The molecule has 2 saturated heterocycles. The molecule has 0 aromatic rings. The van der Waals surface area contributed by atoms with Gasteiger partial charge in [0.25, 0.3) is 0 Å². The van der Waals surface area contributed by atoms with Crippen molar-refractivity contribution in [3.05, 3.63) is 0 Å². The van der Waals surface area contributed by atoms with Gasteiger partial charge in [-0.25, -0.2) is 0 Å². The summed E-state index contributed by atoms with van der Waals surface area (Å²) in [5.41, 5.74) is 0. The number of likely N-dealkylation sites (tertiary alicyclic amines) is 1. The van der Waals surface area contributed by atoms with Gasteiger partial charge in [-0.1, -0.05) is 6.92 Å². The number of ether oxygens (including phenoxy) is 1. The van der Waals surface area contributed by atoms with Crippen LogP contribution in [-0.2, 0) is 9.53 Å². The molecule has 2 rings (SSSR count). The lowest BCUT2D eigenvalue weighted by Crippen LogP contribution is -2.49. The molecular weight excluding hydrogens is 216 g/mol. The normalized spacial score (nSPS) is 31.5. The van der Waals surface area contributed by atoms with E-state index < -0.39 is 0 Å². The summed E-state index contributed by atoms with van der Waals surface area (Å²) in [6.07, 6.45) is 3.26. The van der Waals surface area contributed by atoms with Crippen LogP contribution in [0.5, 0.6) is 0 Å². The van der Waals surface area contributed by atoms with Crippen LogP contribution < -0.4 is 5.32 Å². The number of hydrogen-bond donors (Lipinski definition) is 1. The largest absolute Gasteiger partial charge is 0.379 e. The van der Waals surface area contributed by atoms with Gasteiger partial charge in [-0.15, -0.1) is 0 Å². The third-order valence-electron chi connectivity index (χ3n) is 4.19. The average Bonchev–Trinajstić information content (AvgIpc) is 2.39. The number of hydrogen-bond acceptors (Lipinski definition) is 3. The van der Waals surface area contributed by atoms with E-state index in [1.807, 2.05) is 4.90 Å². The van der Waals surface area contributed by atoms with Crippen molar-refractivity contribution in [3.63, 3.8) is 0 Å².